The fourth-order valence-electron chi connectivity index (χ4n) is 4.00. The fraction of sp³-hybridized carbons (Fsp3) is 0.469. The third-order valence-corrected chi connectivity index (χ3v) is 6.24. The van der Waals surface area contributed by atoms with E-state index in [4.69, 9.17) is 14.0 Å². The summed E-state index contributed by atoms with van der Waals surface area (Å²) >= 11 is 3.37. The zero-order chi connectivity index (χ0) is 33.2. The second kappa shape index (κ2) is 13.1. The fourth-order valence-corrected chi connectivity index (χ4v) is 4.33. The number of carbonyl (C=O) groups is 3. The third-order valence-electron chi connectivity index (χ3n) is 5.81. The Hall–Kier alpha value is -3.80. The van der Waals surface area contributed by atoms with Crippen LogP contribution in [-0.4, -0.2) is 51.4 Å². The molecule has 0 atom stereocenters. The third kappa shape index (κ3) is 9.60. The van der Waals surface area contributed by atoms with Gasteiger partial charge >= 0.3 is 12.2 Å². The molecule has 44 heavy (non-hydrogen) atoms. The Bertz CT molecular complexity index is 1510. The average Bonchev–Trinajstić information content (AvgIpc) is 3.31. The van der Waals surface area contributed by atoms with Crippen molar-refractivity contribution in [3.63, 3.8) is 0 Å². The number of carbonyl (C=O) groups excluding carboxylic acids is 3. The lowest BCUT2D eigenvalue weighted by molar-refractivity contribution is -0.132. The zero-order valence-electron chi connectivity index (χ0n) is 26.9. The van der Waals surface area contributed by atoms with Crippen molar-refractivity contribution in [2.24, 2.45) is 5.41 Å². The lowest BCUT2D eigenvalue weighted by atomic mass is 9.91. The van der Waals surface area contributed by atoms with Gasteiger partial charge in [0.2, 0.25) is 5.91 Å². The summed E-state index contributed by atoms with van der Waals surface area (Å²) in [5.41, 5.74) is -0.864. The van der Waals surface area contributed by atoms with Crippen molar-refractivity contribution in [2.75, 3.05) is 11.9 Å². The first-order chi connectivity index (χ1) is 20.1. The van der Waals surface area contributed by atoms with E-state index >= 15 is 4.39 Å². The van der Waals surface area contributed by atoms with Crippen LogP contribution in [0.3, 0.4) is 0 Å². The first-order valence-corrected chi connectivity index (χ1v) is 14.8. The van der Waals surface area contributed by atoms with Crippen molar-refractivity contribution in [3.8, 4) is 22.6 Å². The lowest BCUT2D eigenvalue weighted by Crippen LogP contribution is -2.44. The van der Waals surface area contributed by atoms with E-state index in [1.807, 2.05) is 20.8 Å². The Morgan fingerprint density at radius 2 is 1.50 bits per heavy atom. The van der Waals surface area contributed by atoms with Gasteiger partial charge in [-0.2, -0.15) is 4.90 Å². The summed E-state index contributed by atoms with van der Waals surface area (Å²) < 4.78 is 32.4. The predicted octanol–water partition coefficient (Wildman–Crippen LogP) is 8.38. The molecule has 10 nitrogen and oxygen atoms in total. The molecule has 0 saturated heterocycles. The Morgan fingerprint density at radius 3 is 2.02 bits per heavy atom. The van der Waals surface area contributed by atoms with Crippen LogP contribution in [0, 0.1) is 11.2 Å². The van der Waals surface area contributed by atoms with Crippen LogP contribution in [0.4, 0.5) is 19.8 Å². The predicted molar refractivity (Wildman–Crippen MR) is 168 cm³/mol. The highest BCUT2D eigenvalue weighted by Gasteiger charge is 2.36. The summed E-state index contributed by atoms with van der Waals surface area (Å²) in [6.07, 6.45) is -0.234. The van der Waals surface area contributed by atoms with Crippen LogP contribution in [-0.2, 0) is 20.8 Å². The first-order valence-electron chi connectivity index (χ1n) is 14.0. The van der Waals surface area contributed by atoms with Gasteiger partial charge in [0, 0.05) is 42.3 Å². The molecular formula is C32H40BrFN4O6. The molecule has 0 aliphatic heterocycles. The van der Waals surface area contributed by atoms with E-state index in [-0.39, 0.29) is 46.3 Å². The Kier molecular flexibility index (Phi) is 10.3. The van der Waals surface area contributed by atoms with Gasteiger partial charge in [-0.05, 0) is 86.6 Å². The van der Waals surface area contributed by atoms with E-state index in [9.17, 15) is 14.4 Å². The van der Waals surface area contributed by atoms with E-state index in [0.29, 0.717) is 21.4 Å². The zero-order valence-corrected chi connectivity index (χ0v) is 28.5. The SMILES string of the molecule is CN(Cc1ccc(-c2cc(-c3cc(Br)cnc3N(C(=O)OC(C)(C)C)C(=O)OC(C)(C)C)on2)c(F)c1)C(=O)CC(C)(C)C. The molecule has 3 aromatic rings. The minimum absolute atomic E-state index is 0.0339. The summed E-state index contributed by atoms with van der Waals surface area (Å²) in [6.45, 7) is 16.2. The second-order valence-corrected chi connectivity index (χ2v) is 14.6. The van der Waals surface area contributed by atoms with E-state index in [2.05, 4.69) is 26.1 Å². The monoisotopic (exact) mass is 674 g/mol. The molecule has 0 unspecified atom stereocenters. The molecule has 0 saturated carbocycles. The number of hydrogen-bond acceptors (Lipinski definition) is 8. The first kappa shape index (κ1) is 34.7. The maximum absolute atomic E-state index is 15.3. The van der Waals surface area contributed by atoms with Crippen LogP contribution in [0.15, 0.2) is 45.5 Å². The van der Waals surface area contributed by atoms with Gasteiger partial charge < -0.3 is 18.9 Å². The number of nitrogens with zero attached hydrogens (tertiary/aromatic N) is 4. The van der Waals surface area contributed by atoms with Gasteiger partial charge in [0.1, 0.15) is 22.7 Å². The van der Waals surface area contributed by atoms with Gasteiger partial charge in [0.25, 0.3) is 0 Å². The van der Waals surface area contributed by atoms with E-state index in [1.54, 1.807) is 71.7 Å². The highest BCUT2D eigenvalue weighted by molar-refractivity contribution is 9.10. The van der Waals surface area contributed by atoms with Crippen LogP contribution in [0.5, 0.6) is 0 Å². The van der Waals surface area contributed by atoms with Crippen LogP contribution < -0.4 is 4.90 Å². The molecule has 0 aliphatic carbocycles. The average molecular weight is 676 g/mol. The van der Waals surface area contributed by atoms with Gasteiger partial charge in [-0.15, -0.1) is 0 Å². The van der Waals surface area contributed by atoms with E-state index in [1.165, 1.54) is 18.3 Å². The highest BCUT2D eigenvalue weighted by Crippen LogP contribution is 2.36. The molecule has 0 radical (unpaired) electrons. The minimum Gasteiger partial charge on any atom is -0.443 e. The van der Waals surface area contributed by atoms with Crippen molar-refractivity contribution in [2.45, 2.75) is 86.5 Å². The summed E-state index contributed by atoms with van der Waals surface area (Å²) in [4.78, 5) is 45.7. The highest BCUT2D eigenvalue weighted by atomic mass is 79.9. The molecule has 2 heterocycles. The summed E-state index contributed by atoms with van der Waals surface area (Å²) in [5, 5.41) is 4.05. The quantitative estimate of drug-likeness (QED) is 0.256. The van der Waals surface area contributed by atoms with Crippen molar-refractivity contribution < 1.29 is 32.8 Å². The number of imide groups is 1. The van der Waals surface area contributed by atoms with Gasteiger partial charge in [0.05, 0.1) is 5.56 Å². The van der Waals surface area contributed by atoms with Crippen molar-refractivity contribution >= 4 is 39.8 Å². The maximum atomic E-state index is 15.3. The molecule has 238 valence electrons. The molecule has 0 N–H and O–H groups in total. The number of benzene rings is 1. The molecule has 12 heteroatoms. The van der Waals surface area contributed by atoms with Gasteiger partial charge in [-0.3, -0.25) is 4.79 Å². The van der Waals surface area contributed by atoms with Crippen LogP contribution in [0.2, 0.25) is 0 Å². The summed E-state index contributed by atoms with van der Waals surface area (Å²) in [6, 6.07) is 7.68. The van der Waals surface area contributed by atoms with Crippen LogP contribution in [0.25, 0.3) is 22.6 Å². The molecule has 3 rings (SSSR count). The number of anilines is 1. The summed E-state index contributed by atoms with van der Waals surface area (Å²) in [5.74, 6) is -0.612. The minimum atomic E-state index is -1.00. The van der Waals surface area contributed by atoms with Crippen LogP contribution in [0.1, 0.15) is 74.3 Å². The topological polar surface area (TPSA) is 115 Å². The summed E-state index contributed by atoms with van der Waals surface area (Å²) in [7, 11) is 1.69. The van der Waals surface area contributed by atoms with Crippen molar-refractivity contribution in [3.05, 3.63) is 52.4 Å². The number of ether oxygens (including phenoxy) is 2. The lowest BCUT2D eigenvalue weighted by Gasteiger charge is -2.28. The Labute approximate surface area is 266 Å². The van der Waals surface area contributed by atoms with Crippen molar-refractivity contribution in [1.82, 2.24) is 15.0 Å². The number of hydrogen-bond donors (Lipinski definition) is 0. The van der Waals surface area contributed by atoms with Crippen molar-refractivity contribution in [1.29, 1.82) is 0 Å². The number of aromatic nitrogens is 2. The Balaban J connectivity index is 1.98. The number of rotatable bonds is 6. The standard InChI is InChI=1S/C32H40BrFN4O6/c1-30(2,3)16-26(39)37(10)18-19-11-12-21(23(34)13-19)24-15-25(44-36-24)22-14-20(33)17-35-27(22)38(28(40)42-31(4,5)6)29(41)43-32(7,8)9/h11-15,17H,16,18H2,1-10H3. The molecule has 0 bridgehead atoms. The second-order valence-electron chi connectivity index (χ2n) is 13.7. The molecular weight excluding hydrogens is 635 g/mol. The molecule has 3 amide bonds. The number of pyridine rings is 1. The number of halogens is 2. The van der Waals surface area contributed by atoms with E-state index < -0.39 is 29.2 Å². The molecule has 2 aromatic heterocycles. The number of amides is 3. The molecule has 0 fully saturated rings. The van der Waals surface area contributed by atoms with E-state index in [0.717, 1.165) is 0 Å². The maximum Gasteiger partial charge on any atom is 0.425 e. The molecule has 0 spiro atoms. The smallest absolute Gasteiger partial charge is 0.425 e. The largest absolute Gasteiger partial charge is 0.443 e. The molecule has 0 aliphatic rings. The Morgan fingerprint density at radius 1 is 0.909 bits per heavy atom. The van der Waals surface area contributed by atoms with Crippen LogP contribution >= 0.6 is 15.9 Å². The van der Waals surface area contributed by atoms with Gasteiger partial charge in [-0.25, -0.2) is 19.0 Å². The normalized spacial score (nSPS) is 12.1. The molecule has 1 aromatic carbocycles. The van der Waals surface area contributed by atoms with Gasteiger partial charge in [0.15, 0.2) is 11.6 Å². The van der Waals surface area contributed by atoms with Gasteiger partial charge in [-0.1, -0.05) is 32.0 Å².